The molecule has 7 nitrogen and oxygen atoms in total. The van der Waals surface area contributed by atoms with Gasteiger partial charge in [0.1, 0.15) is 0 Å². The van der Waals surface area contributed by atoms with E-state index in [4.69, 9.17) is 21.7 Å². The molecule has 0 saturated carbocycles. The van der Waals surface area contributed by atoms with Crippen molar-refractivity contribution >= 4 is 33.9 Å². The molecule has 0 unspecified atom stereocenters. The number of thiocarbonyl (C=S) groups is 1. The van der Waals surface area contributed by atoms with E-state index in [1.54, 1.807) is 4.57 Å². The third kappa shape index (κ3) is 3.38. The molecule has 0 atom stereocenters. The van der Waals surface area contributed by atoms with Crippen LogP contribution in [0.5, 0.6) is 17.4 Å². The first-order valence-electron chi connectivity index (χ1n) is 8.96. The number of nitrogens with one attached hydrogen (secondary N) is 1. The predicted octanol–water partition coefficient (Wildman–Crippen LogP) is 4.56. The Morgan fingerprint density at radius 1 is 1.21 bits per heavy atom. The average Bonchev–Trinajstić information content (AvgIpc) is 3.25. The summed E-state index contributed by atoms with van der Waals surface area (Å²) in [6, 6.07) is 11.7. The van der Waals surface area contributed by atoms with Gasteiger partial charge in [-0.2, -0.15) is 0 Å². The van der Waals surface area contributed by atoms with Gasteiger partial charge in [0, 0.05) is 18.5 Å². The first-order chi connectivity index (χ1) is 13.6. The molecule has 3 aromatic rings. The maximum Gasteiger partial charge on any atom is 0.231 e. The van der Waals surface area contributed by atoms with Gasteiger partial charge in [-0.15, -0.1) is 10.2 Å². The predicted molar refractivity (Wildman–Crippen MR) is 111 cm³/mol. The molecule has 0 spiro atoms. The zero-order valence-electron chi connectivity index (χ0n) is 15.6. The summed E-state index contributed by atoms with van der Waals surface area (Å²) < 4.78 is 12.5. The van der Waals surface area contributed by atoms with E-state index < -0.39 is 0 Å². The molecule has 8 heteroatoms. The lowest BCUT2D eigenvalue weighted by Gasteiger charge is -2.04. The normalized spacial score (nSPS) is 12.8. The zero-order chi connectivity index (χ0) is 19.7. The lowest BCUT2D eigenvalue weighted by atomic mass is 10.1. The largest absolute Gasteiger partial charge is 0.493 e. The first-order valence-corrected chi connectivity index (χ1v) is 9.37. The number of aromatic hydroxyl groups is 1. The zero-order valence-corrected chi connectivity index (χ0v) is 16.4. The topological polar surface area (TPSA) is 80.4 Å². The monoisotopic (exact) mass is 396 g/mol. The van der Waals surface area contributed by atoms with E-state index in [0.29, 0.717) is 18.8 Å². The second kappa shape index (κ2) is 7.47. The lowest BCUT2D eigenvalue weighted by Crippen LogP contribution is -2.18. The van der Waals surface area contributed by atoms with Gasteiger partial charge in [0.15, 0.2) is 17.2 Å². The minimum atomic E-state index is 0.0884. The Morgan fingerprint density at radius 3 is 2.86 bits per heavy atom. The number of benzene rings is 2. The third-order valence-electron chi connectivity index (χ3n) is 4.60. The Hall–Kier alpha value is -3.13. The van der Waals surface area contributed by atoms with Crippen LogP contribution < -0.4 is 14.8 Å². The Kier molecular flexibility index (Phi) is 4.87. The Morgan fingerprint density at radius 2 is 2.04 bits per heavy atom. The molecule has 0 bridgehead atoms. The number of rotatable bonds is 4. The fraction of sp³-hybridized carbons (Fsp3) is 0.250. The van der Waals surface area contributed by atoms with Gasteiger partial charge in [0.2, 0.25) is 17.8 Å². The van der Waals surface area contributed by atoms with Gasteiger partial charge in [-0.3, -0.25) is 0 Å². The van der Waals surface area contributed by atoms with Crippen LogP contribution in [0, 0.1) is 6.92 Å². The van der Waals surface area contributed by atoms with Gasteiger partial charge in [-0.25, -0.2) is 0 Å². The van der Waals surface area contributed by atoms with E-state index >= 15 is 0 Å². The summed E-state index contributed by atoms with van der Waals surface area (Å²) in [4.78, 5) is 0. The van der Waals surface area contributed by atoms with Crippen molar-refractivity contribution in [3.63, 3.8) is 0 Å². The van der Waals surface area contributed by atoms with Crippen molar-refractivity contribution in [2.24, 2.45) is 10.2 Å². The molecular formula is C20H20N4O3S. The van der Waals surface area contributed by atoms with Gasteiger partial charge in [-0.1, -0.05) is 17.7 Å². The molecule has 144 valence electrons. The Labute approximate surface area is 167 Å². The highest BCUT2D eigenvalue weighted by Crippen LogP contribution is 2.39. The summed E-state index contributed by atoms with van der Waals surface area (Å²) in [5.74, 6) is 1.55. The maximum atomic E-state index is 10.5. The highest BCUT2D eigenvalue weighted by Gasteiger charge is 2.16. The van der Waals surface area contributed by atoms with E-state index in [1.807, 2.05) is 50.2 Å². The molecule has 28 heavy (non-hydrogen) atoms. The van der Waals surface area contributed by atoms with Crippen LogP contribution in [0.1, 0.15) is 18.1 Å². The van der Waals surface area contributed by atoms with Gasteiger partial charge in [0.05, 0.1) is 5.52 Å². The fourth-order valence-corrected chi connectivity index (χ4v) is 3.33. The number of aromatic nitrogens is 1. The second-order valence-corrected chi connectivity index (χ2v) is 6.87. The smallest absolute Gasteiger partial charge is 0.231 e. The molecule has 1 aromatic heterocycles. The van der Waals surface area contributed by atoms with E-state index in [2.05, 4.69) is 15.5 Å². The quantitative estimate of drug-likeness (QED) is 0.499. The summed E-state index contributed by atoms with van der Waals surface area (Å²) in [7, 11) is 0. The third-order valence-corrected chi connectivity index (χ3v) is 4.83. The van der Waals surface area contributed by atoms with Crippen LogP contribution >= 0.6 is 12.2 Å². The van der Waals surface area contributed by atoms with Crippen LogP contribution in [0.25, 0.3) is 10.9 Å². The van der Waals surface area contributed by atoms with Crippen molar-refractivity contribution in [1.29, 1.82) is 0 Å². The number of nitrogens with zero attached hydrogens (tertiary/aromatic N) is 3. The second-order valence-electron chi connectivity index (χ2n) is 6.48. The number of hydrogen-bond donors (Lipinski definition) is 2. The molecular weight excluding hydrogens is 376 g/mol. The molecule has 2 aromatic carbocycles. The van der Waals surface area contributed by atoms with Crippen LogP contribution in [-0.2, 0) is 13.1 Å². The van der Waals surface area contributed by atoms with Gasteiger partial charge >= 0.3 is 0 Å². The highest BCUT2D eigenvalue weighted by atomic mass is 32.1. The van der Waals surface area contributed by atoms with Crippen molar-refractivity contribution in [3.05, 3.63) is 47.5 Å². The van der Waals surface area contributed by atoms with Gasteiger partial charge in [0.25, 0.3) is 0 Å². The van der Waals surface area contributed by atoms with Crippen molar-refractivity contribution < 1.29 is 14.6 Å². The molecule has 0 fully saturated rings. The Balaban J connectivity index is 1.50. The van der Waals surface area contributed by atoms with E-state index in [-0.39, 0.29) is 17.8 Å². The van der Waals surface area contributed by atoms with E-state index in [9.17, 15) is 5.11 Å². The van der Waals surface area contributed by atoms with Gasteiger partial charge < -0.3 is 24.5 Å². The van der Waals surface area contributed by atoms with Gasteiger partial charge in [-0.05, 0) is 55.9 Å². The first kappa shape index (κ1) is 18.2. The van der Waals surface area contributed by atoms with Crippen molar-refractivity contribution in [2.75, 3.05) is 6.79 Å². The summed E-state index contributed by atoms with van der Waals surface area (Å²) in [5, 5.41) is 23.0. The van der Waals surface area contributed by atoms with Crippen molar-refractivity contribution in [2.45, 2.75) is 26.9 Å². The van der Waals surface area contributed by atoms with Crippen LogP contribution in [0.15, 0.2) is 46.6 Å². The van der Waals surface area contributed by atoms with E-state index in [0.717, 1.165) is 33.5 Å². The molecule has 0 aliphatic carbocycles. The maximum absolute atomic E-state index is 10.5. The summed E-state index contributed by atoms with van der Waals surface area (Å²) in [6.07, 6.45) is 0. The molecule has 0 amide bonds. The van der Waals surface area contributed by atoms with Crippen molar-refractivity contribution in [1.82, 2.24) is 9.88 Å². The minimum Gasteiger partial charge on any atom is -0.493 e. The number of azo groups is 1. The molecule has 2 heterocycles. The number of hydrogen-bond acceptors (Lipinski definition) is 5. The summed E-state index contributed by atoms with van der Waals surface area (Å²) >= 11 is 5.26. The molecule has 2 N–H and O–H groups in total. The fourth-order valence-electron chi connectivity index (χ4n) is 3.22. The van der Waals surface area contributed by atoms with Crippen LogP contribution in [0.4, 0.5) is 5.69 Å². The molecule has 1 aliphatic heterocycles. The summed E-state index contributed by atoms with van der Waals surface area (Å²) in [6.45, 7) is 5.33. The molecule has 0 saturated heterocycles. The average molecular weight is 396 g/mol. The van der Waals surface area contributed by atoms with Crippen LogP contribution in [-0.4, -0.2) is 21.6 Å². The molecule has 1 aliphatic rings. The standard InChI is InChI=1S/C20H20N4O3S/c1-3-24-15-6-4-12(2)8-14(15)18(19(24)25)22-23-20(28)21-10-13-5-7-16-17(9-13)27-11-26-16/h4-9,25H,3,10-11H2,1-2H3,(H,21,28). The van der Waals surface area contributed by atoms with E-state index in [1.165, 1.54) is 0 Å². The number of ether oxygens (including phenoxy) is 2. The Bertz CT molecular complexity index is 1090. The molecule has 0 radical (unpaired) electrons. The lowest BCUT2D eigenvalue weighted by molar-refractivity contribution is 0.174. The SMILES string of the molecule is CCn1c(O)c(N=NC(=S)NCc2ccc3c(c2)OCO3)c2cc(C)ccc21. The van der Waals surface area contributed by atoms with Crippen LogP contribution in [0.2, 0.25) is 0 Å². The van der Waals surface area contributed by atoms with Crippen molar-refractivity contribution in [3.8, 4) is 17.4 Å². The molecule has 4 rings (SSSR count). The summed E-state index contributed by atoms with van der Waals surface area (Å²) in [5.41, 5.74) is 3.41. The highest BCUT2D eigenvalue weighted by molar-refractivity contribution is 7.80. The number of aryl methyl sites for hydroxylation is 2. The number of fused-ring (bicyclic) bond motifs is 2. The van der Waals surface area contributed by atoms with Crippen LogP contribution in [0.3, 0.4) is 0 Å². The minimum absolute atomic E-state index is 0.0884.